The van der Waals surface area contributed by atoms with Crippen LogP contribution in [0.5, 0.6) is 11.5 Å². The van der Waals surface area contributed by atoms with Crippen molar-refractivity contribution in [2.45, 2.75) is 25.3 Å². The average Bonchev–Trinajstić information content (AvgIpc) is 2.47. The Balaban J connectivity index is 1.73. The molecule has 1 aliphatic carbocycles. The molecular weight excluding hydrogens is 262 g/mol. The highest BCUT2D eigenvalue weighted by Crippen LogP contribution is 2.36. The van der Waals surface area contributed by atoms with Gasteiger partial charge in [0.1, 0.15) is 11.5 Å². The van der Waals surface area contributed by atoms with E-state index in [-0.39, 0.29) is 6.04 Å². The van der Waals surface area contributed by atoms with Gasteiger partial charge in [-0.3, -0.25) is 0 Å². The quantitative estimate of drug-likeness (QED) is 0.914. The zero-order chi connectivity index (χ0) is 14.8. The summed E-state index contributed by atoms with van der Waals surface area (Å²) in [6, 6.07) is 14.3. The van der Waals surface area contributed by atoms with Gasteiger partial charge in [-0.05, 0) is 30.5 Å². The Hall–Kier alpha value is -2.00. The number of methoxy groups -OCH3 is 1. The fraction of sp³-hybridized carbons (Fsp3) is 0.333. The molecule has 3 heteroatoms. The molecule has 0 spiro atoms. The van der Waals surface area contributed by atoms with Crippen molar-refractivity contribution in [2.75, 3.05) is 13.7 Å². The standard InChI is InChI=1S/C18H21NO2/c1-12(19)16-8-7-15(20-2)10-18(16)21-11-14-9-13-5-3-4-6-17(13)14/h3-8,10,12,14H,9,11,19H2,1-2H3/t12-,14?/m0/s1. The smallest absolute Gasteiger partial charge is 0.127 e. The number of ether oxygens (including phenoxy) is 2. The lowest BCUT2D eigenvalue weighted by molar-refractivity contribution is 0.270. The number of nitrogens with two attached hydrogens (primary N) is 1. The first-order chi connectivity index (χ1) is 10.2. The molecule has 0 saturated carbocycles. The highest BCUT2D eigenvalue weighted by atomic mass is 16.5. The topological polar surface area (TPSA) is 44.5 Å². The third kappa shape index (κ3) is 2.74. The van der Waals surface area contributed by atoms with Crippen LogP contribution in [0.15, 0.2) is 42.5 Å². The molecule has 0 aromatic heterocycles. The molecule has 1 aliphatic rings. The van der Waals surface area contributed by atoms with Crippen molar-refractivity contribution in [3.63, 3.8) is 0 Å². The second-order valence-electron chi connectivity index (χ2n) is 5.60. The van der Waals surface area contributed by atoms with Gasteiger partial charge in [0.2, 0.25) is 0 Å². The predicted molar refractivity (Wildman–Crippen MR) is 84.0 cm³/mol. The second-order valence-corrected chi connectivity index (χ2v) is 5.60. The van der Waals surface area contributed by atoms with Crippen LogP contribution in [-0.4, -0.2) is 13.7 Å². The summed E-state index contributed by atoms with van der Waals surface area (Å²) in [5, 5.41) is 0. The van der Waals surface area contributed by atoms with Gasteiger partial charge in [-0.15, -0.1) is 0 Å². The molecule has 3 rings (SSSR count). The van der Waals surface area contributed by atoms with E-state index in [1.807, 2.05) is 25.1 Å². The molecule has 2 N–H and O–H groups in total. The Labute approximate surface area is 125 Å². The van der Waals surface area contributed by atoms with E-state index in [1.165, 1.54) is 11.1 Å². The first-order valence-electron chi connectivity index (χ1n) is 7.33. The van der Waals surface area contributed by atoms with Crippen LogP contribution in [0.1, 0.15) is 35.6 Å². The molecule has 0 aliphatic heterocycles. The van der Waals surface area contributed by atoms with Crippen LogP contribution in [-0.2, 0) is 6.42 Å². The maximum absolute atomic E-state index is 6.04. The van der Waals surface area contributed by atoms with Gasteiger partial charge < -0.3 is 15.2 Å². The van der Waals surface area contributed by atoms with Gasteiger partial charge in [0.15, 0.2) is 0 Å². The van der Waals surface area contributed by atoms with Gasteiger partial charge in [0.25, 0.3) is 0 Å². The number of hydrogen-bond acceptors (Lipinski definition) is 3. The zero-order valence-electron chi connectivity index (χ0n) is 12.5. The maximum atomic E-state index is 6.04. The third-order valence-electron chi connectivity index (χ3n) is 4.11. The minimum atomic E-state index is -0.0559. The summed E-state index contributed by atoms with van der Waals surface area (Å²) in [4.78, 5) is 0. The van der Waals surface area contributed by atoms with E-state index in [0.29, 0.717) is 12.5 Å². The molecule has 110 valence electrons. The van der Waals surface area contributed by atoms with Crippen molar-refractivity contribution in [3.05, 3.63) is 59.2 Å². The summed E-state index contributed by atoms with van der Waals surface area (Å²) in [7, 11) is 1.66. The highest BCUT2D eigenvalue weighted by molar-refractivity contribution is 5.43. The first-order valence-corrected chi connectivity index (χ1v) is 7.33. The Bertz CT molecular complexity index is 637. The largest absolute Gasteiger partial charge is 0.497 e. The highest BCUT2D eigenvalue weighted by Gasteiger charge is 2.26. The van der Waals surface area contributed by atoms with Crippen LogP contribution in [0.2, 0.25) is 0 Å². The minimum absolute atomic E-state index is 0.0559. The first kappa shape index (κ1) is 14.0. The van der Waals surface area contributed by atoms with Crippen molar-refractivity contribution in [1.82, 2.24) is 0 Å². The van der Waals surface area contributed by atoms with E-state index in [2.05, 4.69) is 24.3 Å². The van der Waals surface area contributed by atoms with Gasteiger partial charge in [0, 0.05) is 23.6 Å². The molecule has 2 aromatic rings. The van der Waals surface area contributed by atoms with E-state index >= 15 is 0 Å². The summed E-state index contributed by atoms with van der Waals surface area (Å²) in [5.41, 5.74) is 9.87. The molecule has 2 aromatic carbocycles. The van der Waals surface area contributed by atoms with Crippen molar-refractivity contribution >= 4 is 0 Å². The van der Waals surface area contributed by atoms with E-state index < -0.39 is 0 Å². The van der Waals surface area contributed by atoms with Crippen LogP contribution in [0.3, 0.4) is 0 Å². The molecular formula is C18H21NO2. The van der Waals surface area contributed by atoms with Crippen LogP contribution in [0, 0.1) is 0 Å². The van der Waals surface area contributed by atoms with Crippen molar-refractivity contribution in [2.24, 2.45) is 5.73 Å². The summed E-state index contributed by atoms with van der Waals surface area (Å²) < 4.78 is 11.3. The SMILES string of the molecule is COc1ccc([C@H](C)N)c(OCC2Cc3ccccc32)c1. The molecule has 0 bridgehead atoms. The molecule has 0 fully saturated rings. The maximum Gasteiger partial charge on any atom is 0.127 e. The number of hydrogen-bond donors (Lipinski definition) is 1. The van der Waals surface area contributed by atoms with Gasteiger partial charge in [-0.1, -0.05) is 30.3 Å². The molecule has 0 amide bonds. The average molecular weight is 283 g/mol. The van der Waals surface area contributed by atoms with E-state index in [4.69, 9.17) is 15.2 Å². The summed E-state index contributed by atoms with van der Waals surface area (Å²) in [6.07, 6.45) is 1.09. The molecule has 0 radical (unpaired) electrons. The number of fused-ring (bicyclic) bond motifs is 1. The Morgan fingerprint density at radius 2 is 2.05 bits per heavy atom. The van der Waals surface area contributed by atoms with Gasteiger partial charge >= 0.3 is 0 Å². The van der Waals surface area contributed by atoms with Gasteiger partial charge in [0.05, 0.1) is 13.7 Å². The van der Waals surface area contributed by atoms with Crippen molar-refractivity contribution < 1.29 is 9.47 Å². The monoisotopic (exact) mass is 283 g/mol. The molecule has 2 atom stereocenters. The molecule has 0 heterocycles. The van der Waals surface area contributed by atoms with Crippen LogP contribution in [0.4, 0.5) is 0 Å². The lowest BCUT2D eigenvalue weighted by Crippen LogP contribution is -2.23. The third-order valence-corrected chi connectivity index (χ3v) is 4.11. The summed E-state index contributed by atoms with van der Waals surface area (Å²) in [5.74, 6) is 2.10. The number of benzene rings is 2. The van der Waals surface area contributed by atoms with Gasteiger partial charge in [-0.25, -0.2) is 0 Å². The Morgan fingerprint density at radius 3 is 2.76 bits per heavy atom. The van der Waals surface area contributed by atoms with Crippen molar-refractivity contribution in [1.29, 1.82) is 0 Å². The summed E-state index contributed by atoms with van der Waals surface area (Å²) >= 11 is 0. The van der Waals surface area contributed by atoms with E-state index in [0.717, 1.165) is 23.5 Å². The fourth-order valence-electron chi connectivity index (χ4n) is 2.84. The fourth-order valence-corrected chi connectivity index (χ4v) is 2.84. The normalized spacial score (nSPS) is 17.6. The second kappa shape index (κ2) is 5.78. The lowest BCUT2D eigenvalue weighted by atomic mass is 9.78. The van der Waals surface area contributed by atoms with Crippen molar-refractivity contribution in [3.8, 4) is 11.5 Å². The molecule has 1 unspecified atom stereocenters. The summed E-state index contributed by atoms with van der Waals surface area (Å²) in [6.45, 7) is 2.65. The van der Waals surface area contributed by atoms with Crippen LogP contribution < -0.4 is 15.2 Å². The van der Waals surface area contributed by atoms with Crippen LogP contribution >= 0.6 is 0 Å². The zero-order valence-corrected chi connectivity index (χ0v) is 12.5. The minimum Gasteiger partial charge on any atom is -0.497 e. The van der Waals surface area contributed by atoms with E-state index in [9.17, 15) is 0 Å². The van der Waals surface area contributed by atoms with Gasteiger partial charge in [-0.2, -0.15) is 0 Å². The van der Waals surface area contributed by atoms with Crippen LogP contribution in [0.25, 0.3) is 0 Å². The molecule has 21 heavy (non-hydrogen) atoms. The Kier molecular flexibility index (Phi) is 3.84. The molecule has 0 saturated heterocycles. The Morgan fingerprint density at radius 1 is 1.24 bits per heavy atom. The number of rotatable bonds is 5. The van der Waals surface area contributed by atoms with E-state index in [1.54, 1.807) is 7.11 Å². The predicted octanol–water partition coefficient (Wildman–Crippen LogP) is 3.43. The molecule has 3 nitrogen and oxygen atoms in total. The lowest BCUT2D eigenvalue weighted by Gasteiger charge is -2.30.